The van der Waals surface area contributed by atoms with Crippen LogP contribution in [0.1, 0.15) is 28.5 Å². The minimum Gasteiger partial charge on any atom is -0.354 e. The van der Waals surface area contributed by atoms with Gasteiger partial charge in [-0.15, -0.1) is 16.4 Å². The SMILES string of the molecule is Cn1nnnc1SCCC(=O)NCC(c1ccc(Cl)cc1)N1CCc2sccc2C1. The van der Waals surface area contributed by atoms with Gasteiger partial charge in [-0.3, -0.25) is 9.69 Å². The van der Waals surface area contributed by atoms with Crippen molar-refractivity contribution in [2.75, 3.05) is 18.8 Å². The van der Waals surface area contributed by atoms with E-state index in [1.165, 1.54) is 22.2 Å². The Labute approximate surface area is 188 Å². The number of thiophene rings is 1. The zero-order valence-corrected chi connectivity index (χ0v) is 19.0. The summed E-state index contributed by atoms with van der Waals surface area (Å²) < 4.78 is 1.61. The second kappa shape index (κ2) is 9.91. The van der Waals surface area contributed by atoms with E-state index in [2.05, 4.69) is 49.3 Å². The number of nitrogens with zero attached hydrogens (tertiary/aromatic N) is 5. The smallest absolute Gasteiger partial charge is 0.220 e. The first-order valence-corrected chi connectivity index (χ1v) is 12.0. The van der Waals surface area contributed by atoms with E-state index >= 15 is 0 Å². The second-order valence-electron chi connectivity index (χ2n) is 7.14. The molecule has 1 atom stereocenters. The number of hydrogen-bond donors (Lipinski definition) is 1. The van der Waals surface area contributed by atoms with Crippen molar-refractivity contribution in [1.29, 1.82) is 0 Å². The van der Waals surface area contributed by atoms with E-state index in [9.17, 15) is 4.79 Å². The molecule has 0 saturated carbocycles. The number of carbonyl (C=O) groups is 1. The van der Waals surface area contributed by atoms with Crippen molar-refractivity contribution in [2.45, 2.75) is 30.6 Å². The molecule has 30 heavy (non-hydrogen) atoms. The number of hydrogen-bond acceptors (Lipinski definition) is 7. The highest BCUT2D eigenvalue weighted by Gasteiger charge is 2.26. The molecule has 2 aromatic heterocycles. The van der Waals surface area contributed by atoms with Crippen LogP contribution in [0.4, 0.5) is 0 Å². The van der Waals surface area contributed by atoms with Gasteiger partial charge in [0.05, 0.1) is 6.04 Å². The normalized spacial score (nSPS) is 15.0. The molecule has 4 rings (SSSR count). The Morgan fingerprint density at radius 1 is 1.33 bits per heavy atom. The molecule has 7 nitrogen and oxygen atoms in total. The number of nitrogens with one attached hydrogen (secondary N) is 1. The van der Waals surface area contributed by atoms with Crippen LogP contribution in [-0.4, -0.2) is 49.9 Å². The van der Waals surface area contributed by atoms with E-state index in [0.29, 0.717) is 23.9 Å². The summed E-state index contributed by atoms with van der Waals surface area (Å²) in [6.45, 7) is 2.44. The third-order valence-electron chi connectivity index (χ3n) is 5.17. The summed E-state index contributed by atoms with van der Waals surface area (Å²) in [6.07, 6.45) is 1.47. The lowest BCUT2D eigenvalue weighted by Gasteiger charge is -2.35. The molecule has 1 aliphatic heterocycles. The first-order chi connectivity index (χ1) is 14.6. The van der Waals surface area contributed by atoms with E-state index in [4.69, 9.17) is 11.6 Å². The average molecular weight is 463 g/mol. The fourth-order valence-corrected chi connectivity index (χ4v) is 5.36. The molecule has 3 aromatic rings. The number of halogens is 1. The predicted octanol–water partition coefficient (Wildman–Crippen LogP) is 3.32. The van der Waals surface area contributed by atoms with E-state index in [1.54, 1.807) is 11.7 Å². The molecule has 1 aliphatic rings. The molecule has 0 radical (unpaired) electrons. The van der Waals surface area contributed by atoms with Gasteiger partial charge in [0.15, 0.2) is 0 Å². The van der Waals surface area contributed by atoms with Gasteiger partial charge in [-0.25, -0.2) is 4.68 Å². The Kier molecular flexibility index (Phi) is 7.04. The maximum Gasteiger partial charge on any atom is 0.220 e. The summed E-state index contributed by atoms with van der Waals surface area (Å²) in [4.78, 5) is 16.4. The van der Waals surface area contributed by atoms with Crippen LogP contribution in [0.25, 0.3) is 0 Å². The number of aryl methyl sites for hydroxylation is 1. The number of aromatic nitrogens is 4. The van der Waals surface area contributed by atoms with E-state index in [-0.39, 0.29) is 11.9 Å². The van der Waals surface area contributed by atoms with Crippen molar-refractivity contribution in [3.63, 3.8) is 0 Å². The van der Waals surface area contributed by atoms with Crippen molar-refractivity contribution in [3.05, 3.63) is 56.7 Å². The molecule has 0 fully saturated rings. The number of thioether (sulfide) groups is 1. The number of fused-ring (bicyclic) bond motifs is 1. The van der Waals surface area contributed by atoms with Crippen molar-refractivity contribution in [2.24, 2.45) is 7.05 Å². The number of carbonyl (C=O) groups excluding carboxylic acids is 1. The summed E-state index contributed by atoms with van der Waals surface area (Å²) in [5.74, 6) is 0.665. The molecule has 0 aliphatic carbocycles. The molecule has 0 saturated heterocycles. The molecule has 1 aromatic carbocycles. The third-order valence-corrected chi connectivity index (χ3v) is 7.45. The Morgan fingerprint density at radius 3 is 2.93 bits per heavy atom. The highest BCUT2D eigenvalue weighted by atomic mass is 35.5. The van der Waals surface area contributed by atoms with Crippen molar-refractivity contribution >= 4 is 40.6 Å². The Bertz CT molecular complexity index is 989. The fraction of sp³-hybridized carbons (Fsp3) is 0.400. The van der Waals surface area contributed by atoms with Crippen LogP contribution >= 0.6 is 34.7 Å². The minimum atomic E-state index is 0.0322. The fourth-order valence-electron chi connectivity index (χ4n) is 3.56. The van der Waals surface area contributed by atoms with Gasteiger partial charge >= 0.3 is 0 Å². The lowest BCUT2D eigenvalue weighted by molar-refractivity contribution is -0.120. The summed E-state index contributed by atoms with van der Waals surface area (Å²) in [5, 5.41) is 18.0. The van der Waals surface area contributed by atoms with Crippen LogP contribution < -0.4 is 5.32 Å². The van der Waals surface area contributed by atoms with Crippen molar-refractivity contribution < 1.29 is 4.79 Å². The van der Waals surface area contributed by atoms with E-state index < -0.39 is 0 Å². The molecule has 158 valence electrons. The highest BCUT2D eigenvalue weighted by Crippen LogP contribution is 2.30. The summed E-state index contributed by atoms with van der Waals surface area (Å²) in [6, 6.07) is 10.3. The van der Waals surface area contributed by atoms with Crippen LogP contribution in [0.5, 0.6) is 0 Å². The van der Waals surface area contributed by atoms with Gasteiger partial charge in [0.2, 0.25) is 11.1 Å². The van der Waals surface area contributed by atoms with Gasteiger partial charge < -0.3 is 5.32 Å². The van der Waals surface area contributed by atoms with E-state index in [0.717, 1.165) is 30.1 Å². The van der Waals surface area contributed by atoms with Crippen LogP contribution in [-0.2, 0) is 24.8 Å². The third kappa shape index (κ3) is 5.21. The molecule has 0 bridgehead atoms. The number of amides is 1. The van der Waals surface area contributed by atoms with Gasteiger partial charge in [0.25, 0.3) is 0 Å². The minimum absolute atomic E-state index is 0.0322. The molecule has 3 heterocycles. The van der Waals surface area contributed by atoms with Crippen LogP contribution in [0.3, 0.4) is 0 Å². The second-order valence-corrected chi connectivity index (χ2v) is 9.64. The van der Waals surface area contributed by atoms with Crippen LogP contribution in [0, 0.1) is 0 Å². The Balaban J connectivity index is 1.37. The summed E-state index contributed by atoms with van der Waals surface area (Å²) in [5.41, 5.74) is 2.56. The standard InChI is InChI=1S/C20H23ClN6OS2/c1-26-20(23-24-25-26)30-11-8-19(28)22-12-17(14-2-4-16(21)5-3-14)27-9-6-18-15(13-27)7-10-29-18/h2-5,7,10,17H,6,8-9,11-13H2,1H3,(H,22,28). The largest absolute Gasteiger partial charge is 0.354 e. The maximum atomic E-state index is 12.5. The summed E-state index contributed by atoms with van der Waals surface area (Å²) in [7, 11) is 1.79. The topological polar surface area (TPSA) is 75.9 Å². The first-order valence-electron chi connectivity index (χ1n) is 9.77. The van der Waals surface area contributed by atoms with Gasteiger partial charge in [-0.1, -0.05) is 35.5 Å². The molecule has 1 N–H and O–H groups in total. The molecular weight excluding hydrogens is 440 g/mol. The average Bonchev–Trinajstić information content (AvgIpc) is 3.38. The van der Waals surface area contributed by atoms with Crippen molar-refractivity contribution in [1.82, 2.24) is 30.4 Å². The van der Waals surface area contributed by atoms with E-state index in [1.807, 2.05) is 23.5 Å². The lowest BCUT2D eigenvalue weighted by atomic mass is 10.0. The van der Waals surface area contributed by atoms with Crippen LogP contribution in [0.2, 0.25) is 5.02 Å². The monoisotopic (exact) mass is 462 g/mol. The zero-order valence-electron chi connectivity index (χ0n) is 16.6. The highest BCUT2D eigenvalue weighted by molar-refractivity contribution is 7.99. The van der Waals surface area contributed by atoms with Crippen LogP contribution in [0.15, 0.2) is 40.9 Å². The van der Waals surface area contributed by atoms with Crippen molar-refractivity contribution in [3.8, 4) is 0 Å². The Hall–Kier alpha value is -1.94. The lowest BCUT2D eigenvalue weighted by Crippen LogP contribution is -2.40. The Morgan fingerprint density at radius 2 is 2.17 bits per heavy atom. The van der Waals surface area contributed by atoms with Gasteiger partial charge in [-0.05, 0) is 51.6 Å². The number of benzene rings is 1. The molecule has 0 spiro atoms. The van der Waals surface area contributed by atoms with Gasteiger partial charge in [0, 0.05) is 48.8 Å². The number of tetrazole rings is 1. The van der Waals surface area contributed by atoms with Gasteiger partial charge in [-0.2, -0.15) is 0 Å². The molecule has 10 heteroatoms. The summed E-state index contributed by atoms with van der Waals surface area (Å²) >= 11 is 9.40. The quantitative estimate of drug-likeness (QED) is 0.517. The number of rotatable bonds is 8. The zero-order chi connectivity index (χ0) is 20.9. The molecular formula is C20H23ClN6OS2. The molecule has 1 amide bonds. The maximum absolute atomic E-state index is 12.5. The molecule has 1 unspecified atom stereocenters. The first kappa shape index (κ1) is 21.3. The predicted molar refractivity (Wildman–Crippen MR) is 120 cm³/mol. The van der Waals surface area contributed by atoms with Gasteiger partial charge in [0.1, 0.15) is 0 Å².